The molecule has 0 atom stereocenters. The molecule has 7 heteroatoms. The van der Waals surface area contributed by atoms with E-state index in [0.717, 1.165) is 30.8 Å². The smallest absolute Gasteiger partial charge is 0.256 e. The fraction of sp³-hybridized carbons (Fsp3) is 0.500. The average molecular weight is 281 g/mol. The maximum absolute atomic E-state index is 5.93. The Bertz CT molecular complexity index is 565. The van der Waals surface area contributed by atoms with E-state index in [2.05, 4.69) is 45.3 Å². The maximum atomic E-state index is 5.93. The molecule has 2 heterocycles. The first-order valence-corrected chi connectivity index (χ1v) is 6.79. The van der Waals surface area contributed by atoms with Crippen molar-refractivity contribution in [1.82, 2.24) is 24.7 Å². The summed E-state index contributed by atoms with van der Waals surface area (Å²) in [6.45, 7) is 6.83. The Balaban J connectivity index is 2.48. The fourth-order valence-electron chi connectivity index (χ4n) is 1.74. The first-order valence-electron chi connectivity index (χ1n) is 6.41. The molecule has 2 rings (SSSR count). The SMILES string of the molecule is CCNc1nc(Cl)nc(-n2nc(CC)cc2CC)n1. The Morgan fingerprint density at radius 1 is 1.16 bits per heavy atom. The van der Waals surface area contributed by atoms with Crippen molar-refractivity contribution in [3.05, 3.63) is 22.7 Å². The number of anilines is 1. The quantitative estimate of drug-likeness (QED) is 0.910. The second-order valence-electron chi connectivity index (χ2n) is 4.00. The molecule has 0 saturated heterocycles. The van der Waals surface area contributed by atoms with E-state index < -0.39 is 0 Å². The van der Waals surface area contributed by atoms with E-state index in [-0.39, 0.29) is 5.28 Å². The number of hydrogen-bond donors (Lipinski definition) is 1. The number of rotatable bonds is 5. The van der Waals surface area contributed by atoms with Crippen LogP contribution >= 0.6 is 11.6 Å². The molecular formula is C12H17ClN6. The normalized spacial score (nSPS) is 10.7. The predicted molar refractivity (Wildman–Crippen MR) is 74.9 cm³/mol. The molecule has 0 fully saturated rings. The zero-order valence-electron chi connectivity index (χ0n) is 11.3. The van der Waals surface area contributed by atoms with Gasteiger partial charge >= 0.3 is 0 Å². The van der Waals surface area contributed by atoms with Gasteiger partial charge in [0.2, 0.25) is 11.2 Å². The van der Waals surface area contributed by atoms with Gasteiger partial charge in [-0.2, -0.15) is 20.1 Å². The summed E-state index contributed by atoms with van der Waals surface area (Å²) in [5.41, 5.74) is 2.07. The third-order valence-corrected chi connectivity index (χ3v) is 2.85. The van der Waals surface area contributed by atoms with Crippen molar-refractivity contribution >= 4 is 17.5 Å². The lowest BCUT2D eigenvalue weighted by Gasteiger charge is -2.06. The lowest BCUT2D eigenvalue weighted by atomic mass is 10.3. The van der Waals surface area contributed by atoms with Crippen LogP contribution in [0.1, 0.15) is 32.2 Å². The molecule has 0 unspecified atom stereocenters. The maximum Gasteiger partial charge on any atom is 0.256 e. The topological polar surface area (TPSA) is 68.5 Å². The Morgan fingerprint density at radius 2 is 1.95 bits per heavy atom. The van der Waals surface area contributed by atoms with Gasteiger partial charge in [-0.25, -0.2) is 4.68 Å². The second-order valence-corrected chi connectivity index (χ2v) is 4.34. The minimum Gasteiger partial charge on any atom is -0.354 e. The fourth-order valence-corrected chi connectivity index (χ4v) is 1.90. The van der Waals surface area contributed by atoms with Crippen LogP contribution in [0.3, 0.4) is 0 Å². The zero-order chi connectivity index (χ0) is 13.8. The van der Waals surface area contributed by atoms with Crippen LogP contribution in [0.15, 0.2) is 6.07 Å². The molecule has 1 N–H and O–H groups in total. The number of aryl methyl sites for hydroxylation is 2. The highest BCUT2D eigenvalue weighted by Gasteiger charge is 2.12. The van der Waals surface area contributed by atoms with Gasteiger partial charge in [0.25, 0.3) is 5.95 Å². The molecule has 0 aliphatic heterocycles. The van der Waals surface area contributed by atoms with Crippen LogP contribution in [0.25, 0.3) is 5.95 Å². The van der Waals surface area contributed by atoms with Crippen molar-refractivity contribution in [3.8, 4) is 5.95 Å². The second kappa shape index (κ2) is 5.97. The third-order valence-electron chi connectivity index (χ3n) is 2.68. The van der Waals surface area contributed by atoms with Crippen LogP contribution < -0.4 is 5.32 Å². The minimum atomic E-state index is 0.163. The summed E-state index contributed by atoms with van der Waals surface area (Å²) in [6.07, 6.45) is 1.73. The number of nitrogens with zero attached hydrogens (tertiary/aromatic N) is 5. The van der Waals surface area contributed by atoms with Crippen molar-refractivity contribution in [2.24, 2.45) is 0 Å². The van der Waals surface area contributed by atoms with Gasteiger partial charge in [-0.05, 0) is 37.4 Å². The van der Waals surface area contributed by atoms with Crippen LogP contribution in [0.4, 0.5) is 5.95 Å². The molecule has 2 aromatic rings. The highest BCUT2D eigenvalue weighted by molar-refractivity contribution is 6.28. The first-order chi connectivity index (χ1) is 9.17. The molecule has 0 bridgehead atoms. The molecule has 0 spiro atoms. The van der Waals surface area contributed by atoms with Crippen molar-refractivity contribution in [2.75, 3.05) is 11.9 Å². The average Bonchev–Trinajstić information content (AvgIpc) is 2.81. The summed E-state index contributed by atoms with van der Waals surface area (Å²) in [4.78, 5) is 12.5. The number of aromatic nitrogens is 5. The van der Waals surface area contributed by atoms with E-state index in [4.69, 9.17) is 11.6 Å². The van der Waals surface area contributed by atoms with Gasteiger partial charge < -0.3 is 5.32 Å². The van der Waals surface area contributed by atoms with E-state index in [1.807, 2.05) is 6.92 Å². The van der Waals surface area contributed by atoms with Crippen molar-refractivity contribution in [3.63, 3.8) is 0 Å². The molecule has 102 valence electrons. The van der Waals surface area contributed by atoms with Gasteiger partial charge in [-0.1, -0.05) is 13.8 Å². The molecule has 0 aliphatic rings. The van der Waals surface area contributed by atoms with Crippen molar-refractivity contribution in [2.45, 2.75) is 33.6 Å². The monoisotopic (exact) mass is 280 g/mol. The number of hydrogen-bond acceptors (Lipinski definition) is 5. The van der Waals surface area contributed by atoms with Gasteiger partial charge in [-0.15, -0.1) is 0 Å². The predicted octanol–water partition coefficient (Wildman–Crippen LogP) is 2.27. The molecular weight excluding hydrogens is 264 g/mol. The lowest BCUT2D eigenvalue weighted by molar-refractivity contribution is 0.739. The molecule has 0 aromatic carbocycles. The standard InChI is InChI=1S/C12H17ClN6/c1-4-8-7-9(5-2)19(18-8)12-16-10(13)15-11(17-12)14-6-3/h7H,4-6H2,1-3H3,(H,14,15,16,17). The Labute approximate surface area is 117 Å². The third kappa shape index (κ3) is 3.01. The van der Waals surface area contributed by atoms with Crippen molar-refractivity contribution in [1.29, 1.82) is 0 Å². The highest BCUT2D eigenvalue weighted by Crippen LogP contribution is 2.14. The lowest BCUT2D eigenvalue weighted by Crippen LogP contribution is -2.11. The first kappa shape index (κ1) is 13.7. The van der Waals surface area contributed by atoms with Crippen LogP contribution in [-0.2, 0) is 12.8 Å². The number of nitrogens with one attached hydrogen (secondary N) is 1. The van der Waals surface area contributed by atoms with E-state index in [0.29, 0.717) is 11.9 Å². The summed E-state index contributed by atoms with van der Waals surface area (Å²) in [7, 11) is 0. The Kier molecular flexibility index (Phi) is 4.31. The van der Waals surface area contributed by atoms with Gasteiger partial charge in [0.15, 0.2) is 0 Å². The Hall–Kier alpha value is -1.69. The van der Waals surface area contributed by atoms with Gasteiger partial charge in [0, 0.05) is 12.2 Å². The summed E-state index contributed by atoms with van der Waals surface area (Å²) in [5.74, 6) is 0.917. The van der Waals surface area contributed by atoms with Crippen LogP contribution in [0, 0.1) is 0 Å². The zero-order valence-corrected chi connectivity index (χ0v) is 12.1. The number of halogens is 1. The summed E-state index contributed by atoms with van der Waals surface area (Å²) >= 11 is 5.93. The van der Waals surface area contributed by atoms with Gasteiger partial charge in [0.05, 0.1) is 5.69 Å². The molecule has 0 amide bonds. The van der Waals surface area contributed by atoms with E-state index in [9.17, 15) is 0 Å². The highest BCUT2D eigenvalue weighted by atomic mass is 35.5. The van der Waals surface area contributed by atoms with Crippen molar-refractivity contribution < 1.29 is 0 Å². The molecule has 2 aromatic heterocycles. The van der Waals surface area contributed by atoms with E-state index >= 15 is 0 Å². The van der Waals surface area contributed by atoms with Crippen LogP contribution in [0.2, 0.25) is 5.28 Å². The van der Waals surface area contributed by atoms with Crippen LogP contribution in [-0.4, -0.2) is 31.3 Å². The van der Waals surface area contributed by atoms with E-state index in [1.165, 1.54) is 0 Å². The molecule has 6 nitrogen and oxygen atoms in total. The van der Waals surface area contributed by atoms with Gasteiger partial charge in [0.1, 0.15) is 0 Å². The molecule has 19 heavy (non-hydrogen) atoms. The molecule has 0 radical (unpaired) electrons. The van der Waals surface area contributed by atoms with Crippen LogP contribution in [0.5, 0.6) is 0 Å². The molecule has 0 aliphatic carbocycles. The minimum absolute atomic E-state index is 0.163. The summed E-state index contributed by atoms with van der Waals surface area (Å²) in [6, 6.07) is 2.06. The summed E-state index contributed by atoms with van der Waals surface area (Å²) in [5, 5.41) is 7.68. The Morgan fingerprint density at radius 3 is 2.58 bits per heavy atom. The largest absolute Gasteiger partial charge is 0.354 e. The molecule has 0 saturated carbocycles. The summed E-state index contributed by atoms with van der Waals surface area (Å²) < 4.78 is 1.73. The van der Waals surface area contributed by atoms with Gasteiger partial charge in [-0.3, -0.25) is 0 Å². The van der Waals surface area contributed by atoms with E-state index in [1.54, 1.807) is 4.68 Å².